The zero-order valence-corrected chi connectivity index (χ0v) is 19.6. The quantitative estimate of drug-likeness (QED) is 0.536. The number of hydroxylamine groups is 2. The number of rotatable bonds is 6. The second kappa shape index (κ2) is 8.12. The molecule has 0 aromatic carbocycles. The van der Waals surface area contributed by atoms with Gasteiger partial charge in [0.15, 0.2) is 5.78 Å². The number of carbonyl (C=O) groups excluding carboxylic acids is 2. The SMILES string of the molecule is CCOC(C)CC1(O)C(C(=O)N(C)OC)C(=O)C2=C(CC(C)(C)C2)C1C(C)(C)C. The Bertz CT molecular complexity index is 690. The van der Waals surface area contributed by atoms with Gasteiger partial charge >= 0.3 is 0 Å². The van der Waals surface area contributed by atoms with E-state index in [2.05, 4.69) is 34.6 Å². The Kier molecular flexibility index (Phi) is 6.73. The molecular formula is C23H39NO5. The highest BCUT2D eigenvalue weighted by Gasteiger charge is 2.62. The van der Waals surface area contributed by atoms with Crippen molar-refractivity contribution < 1.29 is 24.3 Å². The molecule has 0 saturated heterocycles. The lowest BCUT2D eigenvalue weighted by molar-refractivity contribution is -0.193. The van der Waals surface area contributed by atoms with E-state index in [1.54, 1.807) is 0 Å². The van der Waals surface area contributed by atoms with Crippen molar-refractivity contribution in [2.75, 3.05) is 20.8 Å². The first-order chi connectivity index (χ1) is 13.2. The molecule has 1 N–H and O–H groups in total. The topological polar surface area (TPSA) is 76.1 Å². The number of ether oxygens (including phenoxy) is 1. The van der Waals surface area contributed by atoms with E-state index in [4.69, 9.17) is 9.57 Å². The third-order valence-corrected chi connectivity index (χ3v) is 6.38. The molecule has 1 amide bonds. The molecule has 2 rings (SSSR count). The van der Waals surface area contributed by atoms with E-state index in [0.29, 0.717) is 13.0 Å². The molecule has 0 aromatic heterocycles. The van der Waals surface area contributed by atoms with E-state index < -0.39 is 17.4 Å². The highest BCUT2D eigenvalue weighted by Crippen LogP contribution is 2.58. The van der Waals surface area contributed by atoms with Crippen molar-refractivity contribution in [3.8, 4) is 0 Å². The van der Waals surface area contributed by atoms with Gasteiger partial charge < -0.3 is 9.84 Å². The first-order valence-corrected chi connectivity index (χ1v) is 10.6. The van der Waals surface area contributed by atoms with Crippen LogP contribution in [0.5, 0.6) is 0 Å². The van der Waals surface area contributed by atoms with E-state index in [1.807, 2.05) is 13.8 Å². The summed E-state index contributed by atoms with van der Waals surface area (Å²) in [6.07, 6.45) is 1.30. The van der Waals surface area contributed by atoms with Crippen molar-refractivity contribution in [2.24, 2.45) is 22.7 Å². The number of allylic oxidation sites excluding steroid dienone is 1. The number of Topliss-reactive ketones (excluding diaryl/α,β-unsaturated/α-hetero) is 1. The third kappa shape index (κ3) is 4.44. The van der Waals surface area contributed by atoms with Crippen molar-refractivity contribution in [3.63, 3.8) is 0 Å². The molecule has 166 valence electrons. The van der Waals surface area contributed by atoms with Crippen molar-refractivity contribution in [1.82, 2.24) is 5.06 Å². The highest BCUT2D eigenvalue weighted by atomic mass is 16.7. The molecule has 4 unspecified atom stereocenters. The zero-order chi connectivity index (χ0) is 22.4. The second-order valence-corrected chi connectivity index (χ2v) is 10.6. The number of hydrogen-bond donors (Lipinski definition) is 1. The summed E-state index contributed by atoms with van der Waals surface area (Å²) in [5.74, 6) is -2.29. The molecule has 2 aliphatic rings. The van der Waals surface area contributed by atoms with Crippen LogP contribution in [0.2, 0.25) is 0 Å². The van der Waals surface area contributed by atoms with Gasteiger partial charge in [-0.05, 0) is 43.1 Å². The van der Waals surface area contributed by atoms with Gasteiger partial charge in [-0.15, -0.1) is 0 Å². The molecule has 6 nitrogen and oxygen atoms in total. The normalized spacial score (nSPS) is 30.3. The standard InChI is InChI=1S/C23H39NO5/c1-10-29-14(2)11-23(27)17(20(26)24(8)28-9)18(25)15-12-22(6,7)13-16(15)19(23)21(3,4)5/h14,17,19,27H,10-13H2,1-9H3. The average molecular weight is 410 g/mol. The van der Waals surface area contributed by atoms with Gasteiger partial charge in [0.1, 0.15) is 5.92 Å². The minimum absolute atomic E-state index is 0.0681. The Morgan fingerprint density at radius 2 is 1.90 bits per heavy atom. The maximum Gasteiger partial charge on any atom is 0.259 e. The summed E-state index contributed by atoms with van der Waals surface area (Å²) in [6.45, 7) is 14.8. The average Bonchev–Trinajstić information content (AvgIpc) is 2.87. The summed E-state index contributed by atoms with van der Waals surface area (Å²) in [7, 11) is 2.87. The third-order valence-electron chi connectivity index (χ3n) is 6.38. The Labute approximate surface area is 175 Å². The van der Waals surface area contributed by atoms with Crippen molar-refractivity contribution in [2.45, 2.75) is 79.4 Å². The van der Waals surface area contributed by atoms with Crippen LogP contribution in [0.3, 0.4) is 0 Å². The number of carbonyl (C=O) groups is 2. The fraction of sp³-hybridized carbons (Fsp3) is 0.826. The molecule has 0 aromatic rings. The number of amides is 1. The largest absolute Gasteiger partial charge is 0.388 e. The van der Waals surface area contributed by atoms with Gasteiger partial charge in [0, 0.05) is 26.0 Å². The van der Waals surface area contributed by atoms with E-state index in [9.17, 15) is 14.7 Å². The monoisotopic (exact) mass is 409 g/mol. The summed E-state index contributed by atoms with van der Waals surface area (Å²) in [6, 6.07) is 0. The van der Waals surface area contributed by atoms with Crippen LogP contribution < -0.4 is 0 Å². The molecule has 0 spiro atoms. The van der Waals surface area contributed by atoms with Crippen LogP contribution >= 0.6 is 0 Å². The van der Waals surface area contributed by atoms with Crippen LogP contribution in [0.15, 0.2) is 11.1 Å². The van der Waals surface area contributed by atoms with Crippen LogP contribution in [0.25, 0.3) is 0 Å². The lowest BCUT2D eigenvalue weighted by Crippen LogP contribution is -2.61. The van der Waals surface area contributed by atoms with Gasteiger partial charge in [-0.3, -0.25) is 14.4 Å². The minimum Gasteiger partial charge on any atom is -0.388 e. The summed E-state index contributed by atoms with van der Waals surface area (Å²) in [5, 5.41) is 13.2. The van der Waals surface area contributed by atoms with Crippen molar-refractivity contribution in [1.29, 1.82) is 0 Å². The predicted molar refractivity (Wildman–Crippen MR) is 112 cm³/mol. The number of ketones is 1. The molecule has 6 heteroatoms. The number of aliphatic hydroxyl groups is 1. The molecule has 0 aliphatic heterocycles. The van der Waals surface area contributed by atoms with Crippen LogP contribution in [-0.4, -0.2) is 54.3 Å². The van der Waals surface area contributed by atoms with E-state index in [1.165, 1.54) is 14.2 Å². The summed E-state index contributed by atoms with van der Waals surface area (Å²) in [4.78, 5) is 32.0. The van der Waals surface area contributed by atoms with E-state index in [0.717, 1.165) is 22.6 Å². The smallest absolute Gasteiger partial charge is 0.259 e. The fourth-order valence-corrected chi connectivity index (χ4v) is 5.58. The maximum atomic E-state index is 13.6. The highest BCUT2D eigenvalue weighted by molar-refractivity contribution is 6.12. The van der Waals surface area contributed by atoms with Crippen LogP contribution in [0.4, 0.5) is 0 Å². The minimum atomic E-state index is -1.55. The Morgan fingerprint density at radius 1 is 1.31 bits per heavy atom. The Morgan fingerprint density at radius 3 is 2.38 bits per heavy atom. The molecule has 0 radical (unpaired) electrons. The second-order valence-electron chi connectivity index (χ2n) is 10.6. The first-order valence-electron chi connectivity index (χ1n) is 10.6. The Hall–Kier alpha value is -1.24. The van der Waals surface area contributed by atoms with Crippen LogP contribution in [0, 0.1) is 22.7 Å². The van der Waals surface area contributed by atoms with Crippen LogP contribution in [0.1, 0.15) is 67.7 Å². The summed E-state index contributed by atoms with van der Waals surface area (Å²) >= 11 is 0. The molecular weight excluding hydrogens is 370 g/mol. The van der Waals surface area contributed by atoms with Gasteiger partial charge in [0.05, 0.1) is 18.8 Å². The maximum absolute atomic E-state index is 13.6. The summed E-state index contributed by atoms with van der Waals surface area (Å²) < 4.78 is 5.73. The molecule has 0 fully saturated rings. The van der Waals surface area contributed by atoms with E-state index in [-0.39, 0.29) is 35.1 Å². The van der Waals surface area contributed by atoms with Gasteiger partial charge in [0.25, 0.3) is 5.91 Å². The number of nitrogens with zero attached hydrogens (tertiary/aromatic N) is 1. The number of hydrogen-bond acceptors (Lipinski definition) is 5. The predicted octanol–water partition coefficient (Wildman–Crippen LogP) is 3.53. The molecule has 0 saturated carbocycles. The van der Waals surface area contributed by atoms with Crippen molar-refractivity contribution >= 4 is 11.7 Å². The first kappa shape index (κ1) is 24.0. The van der Waals surface area contributed by atoms with Crippen molar-refractivity contribution in [3.05, 3.63) is 11.1 Å². The van der Waals surface area contributed by atoms with Gasteiger partial charge in [-0.2, -0.15) is 0 Å². The lowest BCUT2D eigenvalue weighted by Gasteiger charge is -2.51. The molecule has 0 bridgehead atoms. The van der Waals surface area contributed by atoms with Crippen LogP contribution in [-0.2, 0) is 19.2 Å². The Balaban J connectivity index is 2.70. The van der Waals surface area contributed by atoms with Gasteiger partial charge in [0.2, 0.25) is 0 Å². The molecule has 29 heavy (non-hydrogen) atoms. The lowest BCUT2D eigenvalue weighted by atomic mass is 9.56. The molecule has 4 atom stereocenters. The van der Waals surface area contributed by atoms with Gasteiger partial charge in [-0.1, -0.05) is 40.2 Å². The molecule has 2 aliphatic carbocycles. The fourth-order valence-electron chi connectivity index (χ4n) is 5.58. The zero-order valence-electron chi connectivity index (χ0n) is 19.6. The van der Waals surface area contributed by atoms with Gasteiger partial charge in [-0.25, -0.2) is 5.06 Å². The van der Waals surface area contributed by atoms with E-state index >= 15 is 0 Å². The molecule has 0 heterocycles. The summed E-state index contributed by atoms with van der Waals surface area (Å²) in [5.41, 5.74) is -0.213.